The molecule has 0 fully saturated rings. The summed E-state index contributed by atoms with van der Waals surface area (Å²) in [6.45, 7) is 5.29. The van der Waals surface area contributed by atoms with Crippen molar-refractivity contribution in [1.29, 1.82) is 0 Å². The highest BCUT2D eigenvalue weighted by Gasteiger charge is 2.33. The fourth-order valence-corrected chi connectivity index (χ4v) is 2.92. The first-order chi connectivity index (χ1) is 15.3. The number of aliphatic hydroxyl groups is 1. The van der Waals surface area contributed by atoms with Crippen LogP contribution in [0.5, 0.6) is 0 Å². The molecule has 0 saturated carbocycles. The van der Waals surface area contributed by atoms with E-state index in [-0.39, 0.29) is 12.3 Å². The molecule has 0 aliphatic heterocycles. The van der Waals surface area contributed by atoms with Crippen molar-refractivity contribution in [1.82, 2.24) is 16.0 Å². The molecule has 13 heteroatoms. The van der Waals surface area contributed by atoms with E-state index in [2.05, 4.69) is 10.6 Å². The third-order valence-corrected chi connectivity index (χ3v) is 4.70. The molecule has 0 aliphatic rings. The molecule has 0 rings (SSSR count). The van der Waals surface area contributed by atoms with E-state index in [1.54, 1.807) is 0 Å². The largest absolute Gasteiger partial charge is 0.481 e. The zero-order valence-corrected chi connectivity index (χ0v) is 19.2. The summed E-state index contributed by atoms with van der Waals surface area (Å²) in [4.78, 5) is 59.7. The van der Waals surface area contributed by atoms with E-state index in [9.17, 15) is 29.1 Å². The molecule has 5 atom stereocenters. The minimum Gasteiger partial charge on any atom is -0.481 e. The predicted octanol–water partition coefficient (Wildman–Crippen LogP) is -2.12. The Morgan fingerprint density at radius 3 is 1.88 bits per heavy atom. The number of carbonyl (C=O) groups is 5. The molecule has 5 unspecified atom stereocenters. The van der Waals surface area contributed by atoms with Gasteiger partial charge in [0.1, 0.15) is 18.1 Å². The molecule has 33 heavy (non-hydrogen) atoms. The number of carbonyl (C=O) groups excluding carboxylic acids is 3. The second-order valence-electron chi connectivity index (χ2n) is 8.31. The van der Waals surface area contributed by atoms with E-state index in [0.717, 1.165) is 0 Å². The fourth-order valence-electron chi connectivity index (χ4n) is 2.92. The number of carboxylic acid groups (broad SMARTS) is 2. The number of aliphatic carboxylic acids is 2. The fraction of sp³-hybridized carbons (Fsp3) is 0.750. The van der Waals surface area contributed by atoms with Crippen molar-refractivity contribution in [3.63, 3.8) is 0 Å². The average molecular weight is 476 g/mol. The molecule has 0 aromatic carbocycles. The number of carboxylic acids is 2. The molecule has 3 amide bonds. The van der Waals surface area contributed by atoms with Gasteiger partial charge in [0.15, 0.2) is 0 Å². The maximum absolute atomic E-state index is 12.8. The maximum Gasteiger partial charge on any atom is 0.326 e. The first kappa shape index (κ1) is 30.2. The van der Waals surface area contributed by atoms with Gasteiger partial charge in [0.25, 0.3) is 0 Å². The van der Waals surface area contributed by atoms with Gasteiger partial charge in [-0.25, -0.2) is 4.79 Å². The maximum atomic E-state index is 12.8. The Labute approximate surface area is 192 Å². The van der Waals surface area contributed by atoms with Gasteiger partial charge in [-0.15, -0.1) is 0 Å². The summed E-state index contributed by atoms with van der Waals surface area (Å²) in [5.74, 6) is -5.49. The number of aliphatic hydroxyl groups excluding tert-OH is 1. The lowest BCUT2D eigenvalue weighted by atomic mass is 10.0. The molecule has 0 spiro atoms. The van der Waals surface area contributed by atoms with Gasteiger partial charge in [-0.3, -0.25) is 19.2 Å². The highest BCUT2D eigenvalue weighted by atomic mass is 16.4. The summed E-state index contributed by atoms with van der Waals surface area (Å²) < 4.78 is 0. The number of amides is 3. The van der Waals surface area contributed by atoms with Crippen molar-refractivity contribution in [3.05, 3.63) is 0 Å². The van der Waals surface area contributed by atoms with Crippen LogP contribution in [0.1, 0.15) is 52.9 Å². The molecule has 0 aliphatic carbocycles. The van der Waals surface area contributed by atoms with Gasteiger partial charge in [-0.2, -0.15) is 0 Å². The Hall–Kier alpha value is -2.77. The minimum atomic E-state index is -1.76. The molecule has 0 aromatic rings. The zero-order valence-electron chi connectivity index (χ0n) is 19.2. The summed E-state index contributed by atoms with van der Waals surface area (Å²) >= 11 is 0. The lowest BCUT2D eigenvalue weighted by Gasteiger charge is -2.27. The molecule has 0 heterocycles. The second-order valence-corrected chi connectivity index (χ2v) is 8.31. The zero-order chi connectivity index (χ0) is 25.7. The number of hydrogen-bond acceptors (Lipinski definition) is 8. The summed E-state index contributed by atoms with van der Waals surface area (Å²) in [6, 6.07) is -5.27. The van der Waals surface area contributed by atoms with Gasteiger partial charge < -0.3 is 42.7 Å². The summed E-state index contributed by atoms with van der Waals surface area (Å²) in [6.07, 6.45) is -0.424. The number of unbranched alkanes of at least 4 members (excludes halogenated alkanes) is 1. The van der Waals surface area contributed by atoms with Crippen LogP contribution in [0.15, 0.2) is 0 Å². The number of hydrogen-bond donors (Lipinski definition) is 8. The quantitative estimate of drug-likeness (QED) is 0.113. The monoisotopic (exact) mass is 475 g/mol. The van der Waals surface area contributed by atoms with Crippen LogP contribution in [0, 0.1) is 5.92 Å². The molecular weight excluding hydrogens is 438 g/mol. The normalized spacial score (nSPS) is 15.6. The molecular formula is C20H37N5O8. The van der Waals surface area contributed by atoms with Crippen LogP contribution in [0.2, 0.25) is 0 Å². The topological polar surface area (TPSA) is 234 Å². The van der Waals surface area contributed by atoms with Crippen molar-refractivity contribution >= 4 is 29.7 Å². The number of nitrogens with two attached hydrogens (primary N) is 2. The highest BCUT2D eigenvalue weighted by molar-refractivity contribution is 5.94. The number of nitrogens with one attached hydrogen (secondary N) is 3. The van der Waals surface area contributed by atoms with Gasteiger partial charge in [0, 0.05) is 0 Å². The molecule has 10 N–H and O–H groups in total. The average Bonchev–Trinajstić information content (AvgIpc) is 2.69. The Bertz CT molecular complexity index is 685. The smallest absolute Gasteiger partial charge is 0.326 e. The Balaban J connectivity index is 5.36. The van der Waals surface area contributed by atoms with Crippen molar-refractivity contribution in [3.8, 4) is 0 Å². The van der Waals surface area contributed by atoms with Gasteiger partial charge in [-0.1, -0.05) is 20.3 Å². The molecule has 13 nitrogen and oxygen atoms in total. The van der Waals surface area contributed by atoms with Crippen LogP contribution in [-0.4, -0.2) is 81.8 Å². The second kappa shape index (κ2) is 15.1. The van der Waals surface area contributed by atoms with Gasteiger partial charge in [-0.05, 0) is 38.6 Å². The first-order valence-corrected chi connectivity index (χ1v) is 10.8. The third-order valence-electron chi connectivity index (χ3n) is 4.70. The van der Waals surface area contributed by atoms with Crippen LogP contribution in [0.25, 0.3) is 0 Å². The van der Waals surface area contributed by atoms with E-state index in [0.29, 0.717) is 25.8 Å². The van der Waals surface area contributed by atoms with Gasteiger partial charge in [0.05, 0.1) is 18.6 Å². The van der Waals surface area contributed by atoms with Crippen LogP contribution in [0.3, 0.4) is 0 Å². The third kappa shape index (κ3) is 12.2. The predicted molar refractivity (Wildman–Crippen MR) is 118 cm³/mol. The molecule has 0 saturated heterocycles. The summed E-state index contributed by atoms with van der Waals surface area (Å²) in [7, 11) is 0. The van der Waals surface area contributed by atoms with Gasteiger partial charge >= 0.3 is 11.9 Å². The molecule has 0 aromatic heterocycles. The lowest BCUT2D eigenvalue weighted by Crippen LogP contribution is -2.60. The van der Waals surface area contributed by atoms with E-state index in [1.807, 2.05) is 19.2 Å². The minimum absolute atomic E-state index is 0.0275. The molecule has 190 valence electrons. The first-order valence-electron chi connectivity index (χ1n) is 10.8. The Morgan fingerprint density at radius 2 is 1.42 bits per heavy atom. The van der Waals surface area contributed by atoms with Crippen LogP contribution in [-0.2, 0) is 24.0 Å². The lowest BCUT2D eigenvalue weighted by molar-refractivity contribution is -0.148. The van der Waals surface area contributed by atoms with E-state index in [4.69, 9.17) is 21.7 Å². The Morgan fingerprint density at radius 1 is 0.848 bits per heavy atom. The SMILES string of the molecule is CC(C)CC(NC(=O)C(N)CCCCN)C(=O)NC(C(=O)NC(CC(=O)O)C(=O)O)C(C)O. The van der Waals surface area contributed by atoms with Crippen molar-refractivity contribution < 1.29 is 39.3 Å². The van der Waals surface area contributed by atoms with E-state index < -0.39 is 66.4 Å². The van der Waals surface area contributed by atoms with Crippen LogP contribution in [0.4, 0.5) is 0 Å². The standard InChI is InChI=1S/C20H37N5O8/c1-10(2)8-13(23-17(29)12(22)6-4-5-7-21)18(30)25-16(11(3)26)19(31)24-14(20(32)33)9-15(27)28/h10-14,16,26H,4-9,21-22H2,1-3H3,(H,23,29)(H,24,31)(H,25,30)(H,27,28)(H,32,33). The van der Waals surface area contributed by atoms with E-state index in [1.165, 1.54) is 6.92 Å². The molecule has 0 radical (unpaired) electrons. The van der Waals surface area contributed by atoms with Crippen molar-refractivity contribution in [2.45, 2.75) is 83.1 Å². The van der Waals surface area contributed by atoms with E-state index >= 15 is 0 Å². The van der Waals surface area contributed by atoms with Crippen molar-refractivity contribution in [2.24, 2.45) is 17.4 Å². The number of rotatable bonds is 16. The molecule has 0 bridgehead atoms. The highest BCUT2D eigenvalue weighted by Crippen LogP contribution is 2.08. The van der Waals surface area contributed by atoms with Gasteiger partial charge in [0.2, 0.25) is 17.7 Å². The summed E-state index contributed by atoms with van der Waals surface area (Å²) in [5.41, 5.74) is 11.3. The van der Waals surface area contributed by atoms with Crippen molar-refractivity contribution in [2.75, 3.05) is 6.54 Å². The van der Waals surface area contributed by atoms with Crippen LogP contribution >= 0.6 is 0 Å². The Kier molecular flexibility index (Phi) is 13.9. The summed E-state index contributed by atoms with van der Waals surface area (Å²) in [5, 5.41) is 34.7. The van der Waals surface area contributed by atoms with Crippen LogP contribution < -0.4 is 27.4 Å².